The highest BCUT2D eigenvalue weighted by atomic mass is 32.2. The number of carbonyl (C=O) groups is 1. The molecule has 4 N–H and O–H groups in total. The van der Waals surface area contributed by atoms with Crippen LogP contribution in [0.15, 0.2) is 52.3 Å². The number of nitrogens with zero attached hydrogens (tertiary/aromatic N) is 1. The van der Waals surface area contributed by atoms with E-state index in [0.29, 0.717) is 17.7 Å². The van der Waals surface area contributed by atoms with E-state index in [-0.39, 0.29) is 63.4 Å². The highest BCUT2D eigenvalue weighted by Gasteiger charge is 2.36. The van der Waals surface area contributed by atoms with E-state index in [9.17, 15) is 21.6 Å². The van der Waals surface area contributed by atoms with Crippen LogP contribution in [0.2, 0.25) is 0 Å². The molecule has 2 aromatic rings. The third-order valence-electron chi connectivity index (χ3n) is 5.88. The van der Waals surface area contributed by atoms with Crippen molar-refractivity contribution in [2.75, 3.05) is 32.9 Å². The summed E-state index contributed by atoms with van der Waals surface area (Å²) >= 11 is 0. The Morgan fingerprint density at radius 1 is 1.05 bits per heavy atom. The third-order valence-corrected chi connectivity index (χ3v) is 9.27. The molecular weight excluding hydrogens is 564 g/mol. The lowest BCUT2D eigenvalue weighted by molar-refractivity contribution is -0.149. The Bertz CT molecular complexity index is 1410. The lowest BCUT2D eigenvalue weighted by Gasteiger charge is -2.30. The Morgan fingerprint density at radius 2 is 1.70 bits per heavy atom. The zero-order valence-electron chi connectivity index (χ0n) is 22.3. The van der Waals surface area contributed by atoms with Gasteiger partial charge in [0.2, 0.25) is 16.0 Å². The molecule has 15 heteroatoms. The number of nitrogens with one attached hydrogen (secondary N) is 2. The Kier molecular flexibility index (Phi) is 10.7. The Balaban J connectivity index is 1.73. The first kappa shape index (κ1) is 31.1. The summed E-state index contributed by atoms with van der Waals surface area (Å²) in [6.45, 7) is 4.22. The van der Waals surface area contributed by atoms with Gasteiger partial charge in [0.05, 0.1) is 25.7 Å². The zero-order chi connectivity index (χ0) is 29.3. The third kappa shape index (κ3) is 8.30. The molecule has 0 aliphatic carbocycles. The lowest BCUT2D eigenvalue weighted by atomic mass is 9.98. The molecule has 40 heavy (non-hydrogen) atoms. The standard InChI is InChI=1S/C25H34N4O9S2/c1-3-35-24(30)19-9-11-29(12-10-19)39(31,32)22-7-4-5-8-23(22)40(33,34)38-21-16-18(2)15-20(17-21)36-13-6-14-37-28-25(26)27/h4-5,7-8,15-17,19H,3,6,9-14H2,1-2H3,(H4,26,27,28). The van der Waals surface area contributed by atoms with Gasteiger partial charge in [0.15, 0.2) is 0 Å². The van der Waals surface area contributed by atoms with Crippen molar-refractivity contribution in [2.45, 2.75) is 42.9 Å². The quantitative estimate of drug-likeness (QED) is 0.0763. The molecule has 0 aromatic heterocycles. The summed E-state index contributed by atoms with van der Waals surface area (Å²) in [6.07, 6.45) is 0.995. The van der Waals surface area contributed by atoms with Gasteiger partial charge in [-0.15, -0.1) is 0 Å². The van der Waals surface area contributed by atoms with Crippen molar-refractivity contribution in [3.63, 3.8) is 0 Å². The molecule has 0 spiro atoms. The minimum absolute atomic E-state index is 0.0491. The number of ether oxygens (including phenoxy) is 2. The first-order chi connectivity index (χ1) is 18.9. The Labute approximate surface area is 234 Å². The molecule has 0 radical (unpaired) electrons. The van der Waals surface area contributed by atoms with Gasteiger partial charge in [-0.05, 0) is 56.5 Å². The van der Waals surface area contributed by atoms with E-state index in [0.717, 1.165) is 0 Å². The molecule has 1 fully saturated rings. The SMILES string of the molecule is CCOC(=O)C1CCN(S(=O)(=O)c2ccccc2S(=O)(=O)Oc2cc(C)cc(OCCCONC(=N)N)c2)CC1. The molecule has 0 bridgehead atoms. The number of esters is 1. The molecular formula is C25H34N4O9S2. The lowest BCUT2D eigenvalue weighted by Crippen LogP contribution is -2.41. The molecule has 220 valence electrons. The summed E-state index contributed by atoms with van der Waals surface area (Å²) in [5.74, 6) is -0.801. The summed E-state index contributed by atoms with van der Waals surface area (Å²) in [7, 11) is -8.78. The average Bonchev–Trinajstić information content (AvgIpc) is 2.90. The van der Waals surface area contributed by atoms with Gasteiger partial charge in [-0.3, -0.25) is 15.0 Å². The number of guanidine groups is 1. The van der Waals surface area contributed by atoms with Crippen molar-refractivity contribution in [1.29, 1.82) is 5.41 Å². The Hall–Kier alpha value is -3.40. The van der Waals surface area contributed by atoms with Gasteiger partial charge in [0, 0.05) is 25.6 Å². The van der Waals surface area contributed by atoms with Crippen LogP contribution in [0.5, 0.6) is 11.5 Å². The molecule has 13 nitrogen and oxygen atoms in total. The minimum Gasteiger partial charge on any atom is -0.493 e. The molecule has 0 atom stereocenters. The number of carbonyl (C=O) groups excluding carboxylic acids is 1. The molecule has 2 aromatic carbocycles. The average molecular weight is 599 g/mol. The fourth-order valence-corrected chi connectivity index (χ4v) is 7.23. The van der Waals surface area contributed by atoms with Crippen LogP contribution in [0.3, 0.4) is 0 Å². The maximum absolute atomic E-state index is 13.5. The van der Waals surface area contributed by atoms with Gasteiger partial charge < -0.3 is 19.4 Å². The normalized spacial score (nSPS) is 14.8. The summed E-state index contributed by atoms with van der Waals surface area (Å²) in [5.41, 5.74) is 7.98. The van der Waals surface area contributed by atoms with Crippen molar-refractivity contribution < 1.29 is 40.1 Å². The highest BCUT2D eigenvalue weighted by Crippen LogP contribution is 2.31. The Morgan fingerprint density at radius 3 is 2.35 bits per heavy atom. The highest BCUT2D eigenvalue weighted by molar-refractivity contribution is 7.91. The number of aryl methyl sites for hydroxylation is 1. The first-order valence-electron chi connectivity index (χ1n) is 12.6. The second kappa shape index (κ2) is 13.8. The van der Waals surface area contributed by atoms with Gasteiger partial charge in [-0.2, -0.15) is 12.7 Å². The number of piperidine rings is 1. The van der Waals surface area contributed by atoms with Crippen molar-refractivity contribution >= 4 is 32.1 Å². The van der Waals surface area contributed by atoms with Gasteiger partial charge in [0.25, 0.3) is 0 Å². The van der Waals surface area contributed by atoms with Crippen LogP contribution < -0.4 is 20.1 Å². The van der Waals surface area contributed by atoms with Crippen LogP contribution in [0, 0.1) is 18.3 Å². The van der Waals surface area contributed by atoms with E-state index in [4.69, 9.17) is 29.6 Å². The van der Waals surface area contributed by atoms with E-state index < -0.39 is 35.9 Å². The van der Waals surface area contributed by atoms with E-state index in [1.54, 1.807) is 19.9 Å². The molecule has 1 heterocycles. The molecule has 1 saturated heterocycles. The molecule has 0 amide bonds. The summed E-state index contributed by atoms with van der Waals surface area (Å²) < 4.78 is 70.8. The van der Waals surface area contributed by atoms with E-state index in [2.05, 4.69) is 5.48 Å². The number of nitrogens with two attached hydrogens (primary N) is 1. The predicted molar refractivity (Wildman–Crippen MR) is 145 cm³/mol. The zero-order valence-corrected chi connectivity index (χ0v) is 23.9. The van der Waals surface area contributed by atoms with Gasteiger partial charge in [-0.25, -0.2) is 13.9 Å². The van der Waals surface area contributed by atoms with Crippen LogP contribution in [0.25, 0.3) is 0 Å². The van der Waals surface area contributed by atoms with E-state index in [1.807, 2.05) is 0 Å². The molecule has 0 saturated carbocycles. The van der Waals surface area contributed by atoms with Crippen LogP contribution in [0.1, 0.15) is 31.7 Å². The van der Waals surface area contributed by atoms with Gasteiger partial charge >= 0.3 is 16.1 Å². The predicted octanol–water partition coefficient (Wildman–Crippen LogP) is 1.91. The van der Waals surface area contributed by atoms with E-state index in [1.165, 1.54) is 40.7 Å². The molecule has 3 rings (SSSR count). The van der Waals surface area contributed by atoms with Crippen molar-refractivity contribution in [2.24, 2.45) is 11.7 Å². The number of hydroxylamine groups is 1. The van der Waals surface area contributed by atoms with Gasteiger partial charge in [0.1, 0.15) is 21.3 Å². The van der Waals surface area contributed by atoms with Gasteiger partial charge in [-0.1, -0.05) is 12.1 Å². The van der Waals surface area contributed by atoms with Crippen LogP contribution in [0.4, 0.5) is 0 Å². The molecule has 0 unspecified atom stereocenters. The number of rotatable bonds is 13. The second-order valence-electron chi connectivity index (χ2n) is 8.96. The first-order valence-corrected chi connectivity index (χ1v) is 15.5. The molecule has 1 aliphatic heterocycles. The van der Waals surface area contributed by atoms with Crippen LogP contribution >= 0.6 is 0 Å². The minimum atomic E-state index is -4.57. The summed E-state index contributed by atoms with van der Waals surface area (Å²) in [6, 6.07) is 9.80. The smallest absolute Gasteiger partial charge is 0.340 e. The number of hydrogen-bond donors (Lipinski definition) is 3. The summed E-state index contributed by atoms with van der Waals surface area (Å²) in [4.78, 5) is 16.1. The fourth-order valence-electron chi connectivity index (χ4n) is 4.07. The maximum atomic E-state index is 13.5. The number of benzene rings is 2. The fraction of sp³-hybridized carbons (Fsp3) is 0.440. The second-order valence-corrected chi connectivity index (χ2v) is 12.4. The largest absolute Gasteiger partial charge is 0.493 e. The summed E-state index contributed by atoms with van der Waals surface area (Å²) in [5, 5.41) is 7.02. The van der Waals surface area contributed by atoms with E-state index >= 15 is 0 Å². The van der Waals surface area contributed by atoms with Crippen molar-refractivity contribution in [3.8, 4) is 11.5 Å². The monoisotopic (exact) mass is 598 g/mol. The van der Waals surface area contributed by atoms with Crippen LogP contribution in [-0.4, -0.2) is 66.0 Å². The molecule has 1 aliphatic rings. The maximum Gasteiger partial charge on any atom is 0.340 e. The number of sulfonamides is 1. The van der Waals surface area contributed by atoms with Crippen molar-refractivity contribution in [1.82, 2.24) is 9.79 Å². The number of hydrogen-bond acceptors (Lipinski definition) is 10. The van der Waals surface area contributed by atoms with Crippen molar-refractivity contribution in [3.05, 3.63) is 48.0 Å². The van der Waals surface area contributed by atoms with Crippen LogP contribution in [-0.2, 0) is 34.5 Å². The topological polar surface area (TPSA) is 187 Å².